The number of rotatable bonds is 5. The van der Waals surface area contributed by atoms with Gasteiger partial charge in [-0.25, -0.2) is 0 Å². The highest BCUT2D eigenvalue weighted by atomic mass is 32.1. The molecule has 4 heteroatoms. The summed E-state index contributed by atoms with van der Waals surface area (Å²) in [7, 11) is 0. The summed E-state index contributed by atoms with van der Waals surface area (Å²) in [5, 5.41) is 9.74. The summed E-state index contributed by atoms with van der Waals surface area (Å²) in [5.41, 5.74) is 15.9. The van der Waals surface area contributed by atoms with E-state index in [2.05, 4.69) is 221 Å². The van der Waals surface area contributed by atoms with Gasteiger partial charge in [0.2, 0.25) is 0 Å². The third kappa shape index (κ3) is 5.33. The molecule has 0 atom stereocenters. The second-order valence-corrected chi connectivity index (χ2v) is 18.0. The Morgan fingerprint density at radius 3 is 1.25 bits per heavy atom. The molecule has 0 spiro atoms. The number of nitrogens with zero attached hydrogens (tertiary/aromatic N) is 2. The van der Waals surface area contributed by atoms with E-state index in [0.717, 1.165) is 44.4 Å². The lowest BCUT2D eigenvalue weighted by Gasteiger charge is -2.12. The van der Waals surface area contributed by atoms with Crippen LogP contribution < -0.4 is 0 Å². The van der Waals surface area contributed by atoms with E-state index in [-0.39, 0.29) is 0 Å². The van der Waals surface area contributed by atoms with Gasteiger partial charge in [0.25, 0.3) is 0 Å². The maximum Gasteiger partial charge on any atom is 0.135 e. The van der Waals surface area contributed by atoms with Gasteiger partial charge in [-0.3, -0.25) is 0 Å². The number of benzene rings is 10. The number of hydrogen-bond donors (Lipinski definition) is 0. The van der Waals surface area contributed by atoms with Crippen LogP contribution >= 0.6 is 11.3 Å². The van der Waals surface area contributed by atoms with Crippen LogP contribution in [0.4, 0.5) is 0 Å². The fourth-order valence-corrected chi connectivity index (χ4v) is 11.4. The quantitative estimate of drug-likeness (QED) is 0.169. The fraction of sp³-hybridized carbons (Fsp3) is 0. The minimum absolute atomic E-state index is 0.891. The summed E-state index contributed by atoms with van der Waals surface area (Å²) >= 11 is 1.86. The Bertz CT molecular complexity index is 3910. The summed E-state index contributed by atoms with van der Waals surface area (Å²) in [6, 6.07) is 80.0. The Morgan fingerprint density at radius 1 is 0.266 bits per heavy atom. The zero-order valence-corrected chi connectivity index (χ0v) is 35.3. The molecule has 298 valence electrons. The highest BCUT2D eigenvalue weighted by Crippen LogP contribution is 2.42. The summed E-state index contributed by atoms with van der Waals surface area (Å²) in [6.45, 7) is 0. The zero-order valence-electron chi connectivity index (χ0n) is 34.5. The van der Waals surface area contributed by atoms with E-state index >= 15 is 0 Å². The highest BCUT2D eigenvalue weighted by Gasteiger charge is 2.19. The third-order valence-electron chi connectivity index (χ3n) is 13.3. The molecule has 0 aliphatic heterocycles. The minimum atomic E-state index is 0.891. The molecule has 64 heavy (non-hydrogen) atoms. The number of thiophene rings is 1. The Balaban J connectivity index is 1.01. The molecule has 0 radical (unpaired) electrons. The van der Waals surface area contributed by atoms with Gasteiger partial charge in [0.05, 0.1) is 22.1 Å². The van der Waals surface area contributed by atoms with Gasteiger partial charge in [-0.05, 0) is 106 Å². The van der Waals surface area contributed by atoms with E-state index in [1.165, 1.54) is 86.1 Å². The van der Waals surface area contributed by atoms with Gasteiger partial charge < -0.3 is 13.6 Å². The summed E-state index contributed by atoms with van der Waals surface area (Å²) < 4.78 is 13.9. The van der Waals surface area contributed by atoms with Gasteiger partial charge in [0.1, 0.15) is 11.2 Å². The van der Waals surface area contributed by atoms with Crippen molar-refractivity contribution in [1.82, 2.24) is 9.13 Å². The van der Waals surface area contributed by atoms with E-state index in [0.29, 0.717) is 0 Å². The lowest BCUT2D eigenvalue weighted by molar-refractivity contribution is 0.669. The molecule has 0 N–H and O–H groups in total. The Hall–Kier alpha value is -8.18. The predicted octanol–water partition coefficient (Wildman–Crippen LogP) is 17.1. The van der Waals surface area contributed by atoms with Crippen molar-refractivity contribution in [3.8, 4) is 44.8 Å². The molecule has 14 rings (SSSR count). The van der Waals surface area contributed by atoms with Crippen molar-refractivity contribution >= 4 is 97.1 Å². The van der Waals surface area contributed by atoms with Gasteiger partial charge in [-0.1, -0.05) is 146 Å². The molecule has 0 unspecified atom stereocenters. The van der Waals surface area contributed by atoms with Crippen LogP contribution in [0, 0.1) is 0 Å². The first-order valence-electron chi connectivity index (χ1n) is 21.8. The van der Waals surface area contributed by atoms with Gasteiger partial charge in [-0.15, -0.1) is 11.3 Å². The first kappa shape index (κ1) is 35.4. The third-order valence-corrected chi connectivity index (χ3v) is 14.5. The van der Waals surface area contributed by atoms with Gasteiger partial charge in [0.15, 0.2) is 0 Å². The lowest BCUT2D eigenvalue weighted by atomic mass is 10.0. The van der Waals surface area contributed by atoms with Crippen LogP contribution in [0.25, 0.3) is 130 Å². The molecule has 0 aliphatic rings. The molecule has 0 aliphatic carbocycles. The van der Waals surface area contributed by atoms with E-state index in [4.69, 9.17) is 4.42 Å². The van der Waals surface area contributed by atoms with Crippen LogP contribution in [0.15, 0.2) is 223 Å². The van der Waals surface area contributed by atoms with Crippen LogP contribution in [0.1, 0.15) is 0 Å². The first-order chi connectivity index (χ1) is 31.7. The van der Waals surface area contributed by atoms with E-state index < -0.39 is 0 Å². The first-order valence-corrected chi connectivity index (χ1v) is 22.6. The fourth-order valence-electron chi connectivity index (χ4n) is 10.3. The maximum atomic E-state index is 6.31. The number of furan rings is 1. The average Bonchev–Trinajstić information content (AvgIpc) is 4.10. The van der Waals surface area contributed by atoms with Crippen molar-refractivity contribution in [2.24, 2.45) is 0 Å². The van der Waals surface area contributed by atoms with Crippen molar-refractivity contribution in [2.75, 3.05) is 0 Å². The van der Waals surface area contributed by atoms with Crippen LogP contribution in [-0.2, 0) is 0 Å². The van der Waals surface area contributed by atoms with Crippen molar-refractivity contribution in [2.45, 2.75) is 0 Å². The molecular formula is C60H36N2OS. The lowest BCUT2D eigenvalue weighted by Crippen LogP contribution is -1.95. The van der Waals surface area contributed by atoms with Crippen molar-refractivity contribution in [3.05, 3.63) is 218 Å². The molecule has 0 amide bonds. The molecule has 0 fully saturated rings. The maximum absolute atomic E-state index is 6.31. The molecular weight excluding hydrogens is 797 g/mol. The smallest absolute Gasteiger partial charge is 0.135 e. The van der Waals surface area contributed by atoms with Crippen molar-refractivity contribution in [3.63, 3.8) is 0 Å². The number of para-hydroxylation sites is 1. The molecule has 0 bridgehead atoms. The topological polar surface area (TPSA) is 23.0 Å². The van der Waals surface area contributed by atoms with Crippen LogP contribution in [0.5, 0.6) is 0 Å². The van der Waals surface area contributed by atoms with Gasteiger partial charge >= 0.3 is 0 Å². The largest absolute Gasteiger partial charge is 0.456 e. The number of fused-ring (bicyclic) bond motifs is 12. The normalized spacial score (nSPS) is 12.1. The van der Waals surface area contributed by atoms with Gasteiger partial charge in [-0.2, -0.15) is 0 Å². The summed E-state index contributed by atoms with van der Waals surface area (Å²) in [5.74, 6) is 0. The number of aromatic nitrogens is 2. The summed E-state index contributed by atoms with van der Waals surface area (Å²) in [4.78, 5) is 0. The Labute approximate surface area is 371 Å². The summed E-state index contributed by atoms with van der Waals surface area (Å²) in [6.07, 6.45) is 0. The molecule has 10 aromatic carbocycles. The Kier molecular flexibility index (Phi) is 7.56. The van der Waals surface area contributed by atoms with E-state index in [9.17, 15) is 0 Å². The molecule has 3 nitrogen and oxygen atoms in total. The average molecular weight is 833 g/mol. The SMILES string of the molecule is c1ccc(-c2ccc3c4ccc(-c5ccc6c7ccc(-c8ccccc8)cc7n(-c7ccc8sc9ccccc9c8c7)c6c5)cc4n(-c4ccc5oc6ccccc6c5c4)c3c2)cc1. The van der Waals surface area contributed by atoms with Crippen LogP contribution in [-0.4, -0.2) is 9.13 Å². The number of hydrogen-bond acceptors (Lipinski definition) is 2. The predicted molar refractivity (Wildman–Crippen MR) is 272 cm³/mol. The monoisotopic (exact) mass is 832 g/mol. The minimum Gasteiger partial charge on any atom is -0.456 e. The molecule has 0 saturated heterocycles. The van der Waals surface area contributed by atoms with Crippen molar-refractivity contribution in [1.29, 1.82) is 0 Å². The van der Waals surface area contributed by atoms with Gasteiger partial charge in [0, 0.05) is 63.9 Å². The van der Waals surface area contributed by atoms with E-state index in [1.54, 1.807) is 0 Å². The van der Waals surface area contributed by atoms with Crippen LogP contribution in [0.3, 0.4) is 0 Å². The van der Waals surface area contributed by atoms with Crippen molar-refractivity contribution < 1.29 is 4.42 Å². The second-order valence-electron chi connectivity index (χ2n) is 16.9. The standard InChI is InChI=1S/C60H36N2OS/c1-3-11-37(12-4-1)39-19-25-45-47-27-21-41(33-55(47)61(53(45)31-39)43-23-29-58-51(35-43)49-15-7-9-17-57(49)63-58)42-22-28-48-46-26-20-40(38-13-5-2-6-14-38)32-54(46)62(56(48)34-42)44-24-30-60-52(36-44)50-16-8-10-18-59(50)64-60/h1-36H. The molecule has 14 aromatic rings. The zero-order chi connectivity index (χ0) is 41.9. The van der Waals surface area contributed by atoms with Crippen LogP contribution in [0.2, 0.25) is 0 Å². The molecule has 4 aromatic heterocycles. The molecule has 0 saturated carbocycles. The second kappa shape index (κ2) is 13.7. The van der Waals surface area contributed by atoms with E-state index in [1.807, 2.05) is 17.4 Å². The molecule has 4 heterocycles. The Morgan fingerprint density at radius 2 is 0.688 bits per heavy atom. The highest BCUT2D eigenvalue weighted by molar-refractivity contribution is 7.25.